The summed E-state index contributed by atoms with van der Waals surface area (Å²) in [6, 6.07) is 8.55. The van der Waals surface area contributed by atoms with Crippen molar-refractivity contribution in [1.29, 1.82) is 0 Å². The Morgan fingerprint density at radius 1 is 0.867 bits per heavy atom. The second-order valence-electron chi connectivity index (χ2n) is 9.28. The smallest absolute Gasteiger partial charge is 0.117 e. The average Bonchev–Trinajstić information content (AvgIpc) is 3.25. The minimum absolute atomic E-state index is 0.448. The minimum Gasteiger partial charge on any atom is -0.320 e. The summed E-state index contributed by atoms with van der Waals surface area (Å²) >= 11 is 0. The second-order valence-corrected chi connectivity index (χ2v) is 9.28. The Morgan fingerprint density at radius 2 is 1.40 bits per heavy atom. The lowest BCUT2D eigenvalue weighted by molar-refractivity contribution is 0.227. The highest BCUT2D eigenvalue weighted by Gasteiger charge is 2.37. The van der Waals surface area contributed by atoms with Gasteiger partial charge in [0.2, 0.25) is 0 Å². The van der Waals surface area contributed by atoms with Crippen LogP contribution in [0.2, 0.25) is 0 Å². The summed E-state index contributed by atoms with van der Waals surface area (Å²) in [5.41, 5.74) is 11.1. The van der Waals surface area contributed by atoms with Crippen LogP contribution in [0.3, 0.4) is 0 Å². The van der Waals surface area contributed by atoms with E-state index in [0.29, 0.717) is 11.8 Å². The van der Waals surface area contributed by atoms with Crippen LogP contribution in [0.25, 0.3) is 11.3 Å². The summed E-state index contributed by atoms with van der Waals surface area (Å²) in [4.78, 5) is 0. The van der Waals surface area contributed by atoms with Gasteiger partial charge >= 0.3 is 0 Å². The standard InChI is InChI=1S/C26H44N4/c1-6-10-12-21(8-3)18-26(27,19-22(9-4)13-11-7-2)25-24(28-30-29-25)23-16-14-20(5)15-17-23/h14-17,21-22H,6-13,18-19,27H2,1-5H3,(H,28,29,30). The molecule has 0 aliphatic heterocycles. The maximum Gasteiger partial charge on any atom is 0.117 e. The molecule has 1 heterocycles. The van der Waals surface area contributed by atoms with E-state index in [1.807, 2.05) is 0 Å². The van der Waals surface area contributed by atoms with E-state index in [1.165, 1.54) is 56.9 Å². The Kier molecular flexibility index (Phi) is 10.0. The third-order valence-electron chi connectivity index (χ3n) is 6.74. The molecule has 0 spiro atoms. The van der Waals surface area contributed by atoms with E-state index in [-0.39, 0.29) is 0 Å². The zero-order valence-electron chi connectivity index (χ0n) is 20.0. The van der Waals surface area contributed by atoms with Crippen molar-refractivity contribution in [3.05, 3.63) is 35.5 Å². The molecule has 2 aromatic rings. The number of aromatic amines is 1. The first kappa shape index (κ1) is 24.6. The minimum atomic E-state index is -0.448. The lowest BCUT2D eigenvalue weighted by Crippen LogP contribution is -2.41. The molecule has 2 rings (SSSR count). The van der Waals surface area contributed by atoms with Crippen LogP contribution in [-0.2, 0) is 5.54 Å². The van der Waals surface area contributed by atoms with Crippen LogP contribution in [-0.4, -0.2) is 15.4 Å². The van der Waals surface area contributed by atoms with Crippen molar-refractivity contribution >= 4 is 0 Å². The van der Waals surface area contributed by atoms with Crippen molar-refractivity contribution in [3.8, 4) is 11.3 Å². The molecule has 3 N–H and O–H groups in total. The molecule has 168 valence electrons. The van der Waals surface area contributed by atoms with Crippen LogP contribution in [0.1, 0.15) is 103 Å². The van der Waals surface area contributed by atoms with Crippen molar-refractivity contribution in [2.24, 2.45) is 17.6 Å². The lowest BCUT2D eigenvalue weighted by atomic mass is 9.74. The fraction of sp³-hybridized carbons (Fsp3) is 0.692. The molecule has 1 aromatic carbocycles. The highest BCUT2D eigenvalue weighted by atomic mass is 15.3. The van der Waals surface area contributed by atoms with Crippen LogP contribution in [0, 0.1) is 18.8 Å². The molecule has 0 radical (unpaired) electrons. The van der Waals surface area contributed by atoms with Gasteiger partial charge in [0.15, 0.2) is 0 Å². The number of hydrogen-bond donors (Lipinski definition) is 2. The van der Waals surface area contributed by atoms with Crippen molar-refractivity contribution < 1.29 is 0 Å². The number of aryl methyl sites for hydroxylation is 1. The van der Waals surface area contributed by atoms with Crippen LogP contribution in [0.5, 0.6) is 0 Å². The number of benzene rings is 1. The molecule has 2 atom stereocenters. The number of hydrogen-bond acceptors (Lipinski definition) is 3. The van der Waals surface area contributed by atoms with E-state index in [0.717, 1.165) is 29.8 Å². The molecule has 30 heavy (non-hydrogen) atoms. The maximum atomic E-state index is 7.31. The molecule has 4 heteroatoms. The zero-order valence-corrected chi connectivity index (χ0v) is 20.0. The fourth-order valence-corrected chi connectivity index (χ4v) is 4.68. The molecule has 2 unspecified atom stereocenters. The first-order chi connectivity index (χ1) is 14.5. The Morgan fingerprint density at radius 3 is 1.87 bits per heavy atom. The normalized spacial score (nSPS) is 15.7. The highest BCUT2D eigenvalue weighted by Crippen LogP contribution is 2.39. The van der Waals surface area contributed by atoms with Gasteiger partial charge in [-0.15, -0.1) is 0 Å². The number of aromatic nitrogens is 3. The molecule has 0 fully saturated rings. The monoisotopic (exact) mass is 412 g/mol. The van der Waals surface area contributed by atoms with Gasteiger partial charge in [-0.3, -0.25) is 0 Å². The van der Waals surface area contributed by atoms with Gasteiger partial charge in [-0.25, -0.2) is 0 Å². The Bertz CT molecular complexity index is 701. The van der Waals surface area contributed by atoms with E-state index in [9.17, 15) is 0 Å². The Labute approximate surface area is 184 Å². The van der Waals surface area contributed by atoms with Gasteiger partial charge in [0.25, 0.3) is 0 Å². The predicted octanol–water partition coefficient (Wildman–Crippen LogP) is 7.15. The van der Waals surface area contributed by atoms with Gasteiger partial charge in [-0.2, -0.15) is 15.4 Å². The summed E-state index contributed by atoms with van der Waals surface area (Å²) in [6.07, 6.45) is 11.8. The summed E-state index contributed by atoms with van der Waals surface area (Å²) in [5, 5.41) is 12.1. The average molecular weight is 413 g/mol. The lowest BCUT2D eigenvalue weighted by Gasteiger charge is -2.35. The molecule has 1 aromatic heterocycles. The van der Waals surface area contributed by atoms with E-state index in [1.54, 1.807) is 0 Å². The predicted molar refractivity (Wildman–Crippen MR) is 128 cm³/mol. The van der Waals surface area contributed by atoms with E-state index < -0.39 is 5.54 Å². The number of unbranched alkanes of at least 4 members (excludes halogenated alkanes) is 2. The van der Waals surface area contributed by atoms with Gasteiger partial charge in [0.1, 0.15) is 11.4 Å². The van der Waals surface area contributed by atoms with E-state index in [4.69, 9.17) is 5.73 Å². The summed E-state index contributed by atoms with van der Waals surface area (Å²) in [7, 11) is 0. The Hall–Kier alpha value is -1.68. The van der Waals surface area contributed by atoms with Crippen molar-refractivity contribution in [2.45, 2.75) is 104 Å². The van der Waals surface area contributed by atoms with Gasteiger partial charge in [0, 0.05) is 5.56 Å². The zero-order chi connectivity index (χ0) is 22.0. The van der Waals surface area contributed by atoms with Crippen LogP contribution in [0.4, 0.5) is 0 Å². The highest BCUT2D eigenvalue weighted by molar-refractivity contribution is 5.62. The number of H-pyrrole nitrogens is 1. The summed E-state index contributed by atoms with van der Waals surface area (Å²) in [5.74, 6) is 1.25. The van der Waals surface area contributed by atoms with Gasteiger partial charge < -0.3 is 5.73 Å². The molecule has 0 saturated heterocycles. The second kappa shape index (κ2) is 12.2. The largest absolute Gasteiger partial charge is 0.320 e. The number of nitrogens with two attached hydrogens (primary N) is 1. The first-order valence-electron chi connectivity index (χ1n) is 12.2. The van der Waals surface area contributed by atoms with Gasteiger partial charge in [0.05, 0.1) is 5.54 Å². The summed E-state index contributed by atoms with van der Waals surface area (Å²) in [6.45, 7) is 11.3. The SMILES string of the molecule is CCCCC(CC)CC(N)(CC(CC)CCCC)c1n[nH]nc1-c1ccc(C)cc1. The van der Waals surface area contributed by atoms with Gasteiger partial charge in [-0.05, 0) is 31.6 Å². The number of nitrogens with zero attached hydrogens (tertiary/aromatic N) is 2. The third kappa shape index (κ3) is 6.66. The maximum absolute atomic E-state index is 7.31. The van der Waals surface area contributed by atoms with E-state index >= 15 is 0 Å². The molecule has 4 nitrogen and oxygen atoms in total. The van der Waals surface area contributed by atoms with Crippen LogP contribution in [0.15, 0.2) is 24.3 Å². The quantitative estimate of drug-likeness (QED) is 0.346. The Balaban J connectivity index is 2.40. The van der Waals surface area contributed by atoms with E-state index in [2.05, 4.69) is 74.3 Å². The molecule has 0 amide bonds. The van der Waals surface area contributed by atoms with Crippen molar-refractivity contribution in [2.75, 3.05) is 0 Å². The molecule has 0 aliphatic carbocycles. The molecule has 0 aliphatic rings. The van der Waals surface area contributed by atoms with Gasteiger partial charge in [-0.1, -0.05) is 109 Å². The summed E-state index contributed by atoms with van der Waals surface area (Å²) < 4.78 is 0. The molecule has 0 bridgehead atoms. The molecular weight excluding hydrogens is 368 g/mol. The first-order valence-corrected chi connectivity index (χ1v) is 12.2. The van der Waals surface area contributed by atoms with Crippen LogP contribution < -0.4 is 5.73 Å². The topological polar surface area (TPSA) is 67.6 Å². The van der Waals surface area contributed by atoms with Crippen molar-refractivity contribution in [1.82, 2.24) is 15.4 Å². The molecule has 0 saturated carbocycles. The fourth-order valence-electron chi connectivity index (χ4n) is 4.68. The number of rotatable bonds is 14. The van der Waals surface area contributed by atoms with Crippen LogP contribution >= 0.6 is 0 Å². The third-order valence-corrected chi connectivity index (χ3v) is 6.74. The number of nitrogens with one attached hydrogen (secondary N) is 1. The van der Waals surface area contributed by atoms with Crippen molar-refractivity contribution in [3.63, 3.8) is 0 Å². The molecular formula is C26H44N4.